The second-order valence-electron chi connectivity index (χ2n) is 5.87. The highest BCUT2D eigenvalue weighted by atomic mass is 32.1. The van der Waals surface area contributed by atoms with Gasteiger partial charge >= 0.3 is 0 Å². The summed E-state index contributed by atoms with van der Waals surface area (Å²) in [7, 11) is 0. The fourth-order valence-corrected chi connectivity index (χ4v) is 3.49. The number of carbonyl (C=O) groups is 1. The summed E-state index contributed by atoms with van der Waals surface area (Å²) in [5, 5.41) is 3.92. The lowest BCUT2D eigenvalue weighted by Gasteiger charge is -2.08. The van der Waals surface area contributed by atoms with E-state index in [1.165, 1.54) is 11.3 Å². The van der Waals surface area contributed by atoms with Gasteiger partial charge in [-0.15, -0.1) is 11.3 Å². The number of anilines is 2. The zero-order valence-corrected chi connectivity index (χ0v) is 13.9. The van der Waals surface area contributed by atoms with Crippen LogP contribution in [0.2, 0.25) is 0 Å². The first-order valence-corrected chi connectivity index (χ1v) is 8.45. The van der Waals surface area contributed by atoms with Crippen LogP contribution in [0.5, 0.6) is 0 Å². The number of thiophene rings is 1. The van der Waals surface area contributed by atoms with Crippen LogP contribution in [-0.4, -0.2) is 26.9 Å². The van der Waals surface area contributed by atoms with Crippen molar-refractivity contribution in [1.29, 1.82) is 0 Å². The molecule has 7 nitrogen and oxygen atoms in total. The molecule has 0 saturated heterocycles. The Morgan fingerprint density at radius 2 is 2.08 bits per heavy atom. The molecule has 5 N–H and O–H groups in total. The van der Waals surface area contributed by atoms with Gasteiger partial charge in [-0.1, -0.05) is 6.07 Å². The van der Waals surface area contributed by atoms with Crippen LogP contribution in [-0.2, 0) is 0 Å². The number of nitrogen functional groups attached to an aromatic ring is 1. The van der Waals surface area contributed by atoms with E-state index in [-0.39, 0.29) is 0 Å². The normalized spacial score (nSPS) is 14.0. The number of carbonyl (C=O) groups excluding carboxylic acids is 1. The van der Waals surface area contributed by atoms with Gasteiger partial charge in [-0.05, 0) is 31.9 Å². The number of nitrogens with zero attached hydrogens (tertiary/aromatic N) is 3. The smallest absolute Gasteiger partial charge is 0.260 e. The zero-order chi connectivity index (χ0) is 16.8. The number of fused-ring (bicyclic) bond motifs is 1. The number of primary amides is 1. The molecule has 3 aromatic rings. The number of aryl methyl sites for hydroxylation is 1. The Hall–Kier alpha value is -2.74. The average Bonchev–Trinajstić information content (AvgIpc) is 3.28. The van der Waals surface area contributed by atoms with Gasteiger partial charge in [0.15, 0.2) is 0 Å². The predicted octanol–water partition coefficient (Wildman–Crippen LogP) is 2.32. The molecular weight excluding hydrogens is 324 g/mol. The molecule has 122 valence electrons. The standard InChI is InChI=1S/C16H16N6OS/c1-7-3-2-4-9(19-7)12-10-11(17)13(14(18)23)24-15(10)22-16(21-12)20-8-5-6-8/h2-4,8H,5-6,17H2,1H3,(H2,18,23)(H,20,21,22). The summed E-state index contributed by atoms with van der Waals surface area (Å²) in [5.74, 6) is -0.0315. The topological polar surface area (TPSA) is 120 Å². The average molecular weight is 340 g/mol. The SMILES string of the molecule is Cc1cccc(-c2nc(NC3CC3)nc3sc(C(N)=O)c(N)c23)n1. The Labute approximate surface area is 142 Å². The van der Waals surface area contributed by atoms with E-state index in [1.807, 2.05) is 25.1 Å². The van der Waals surface area contributed by atoms with Gasteiger partial charge in [0.25, 0.3) is 5.91 Å². The van der Waals surface area contributed by atoms with Crippen LogP contribution in [0.1, 0.15) is 28.2 Å². The van der Waals surface area contributed by atoms with E-state index in [0.717, 1.165) is 18.5 Å². The third-order valence-corrected chi connectivity index (χ3v) is 4.97. The van der Waals surface area contributed by atoms with Crippen molar-refractivity contribution < 1.29 is 4.79 Å². The van der Waals surface area contributed by atoms with Crippen LogP contribution in [0, 0.1) is 6.92 Å². The van der Waals surface area contributed by atoms with Crippen molar-refractivity contribution in [2.45, 2.75) is 25.8 Å². The van der Waals surface area contributed by atoms with Gasteiger partial charge in [0, 0.05) is 11.7 Å². The van der Waals surface area contributed by atoms with Crippen LogP contribution in [0.3, 0.4) is 0 Å². The predicted molar refractivity (Wildman–Crippen MR) is 95.0 cm³/mol. The molecule has 1 fully saturated rings. The molecular formula is C16H16N6OS. The van der Waals surface area contributed by atoms with Crippen LogP contribution in [0.15, 0.2) is 18.2 Å². The molecule has 0 spiro atoms. The van der Waals surface area contributed by atoms with E-state index in [4.69, 9.17) is 11.5 Å². The third kappa shape index (κ3) is 2.54. The summed E-state index contributed by atoms with van der Waals surface area (Å²) in [6, 6.07) is 6.11. The lowest BCUT2D eigenvalue weighted by molar-refractivity contribution is 0.100. The number of aromatic nitrogens is 3. The maximum atomic E-state index is 11.6. The highest BCUT2D eigenvalue weighted by molar-refractivity contribution is 7.21. The van der Waals surface area contributed by atoms with Crippen LogP contribution in [0.4, 0.5) is 11.6 Å². The first-order chi connectivity index (χ1) is 11.5. The molecule has 0 aromatic carbocycles. The van der Waals surface area contributed by atoms with Gasteiger partial charge in [-0.3, -0.25) is 9.78 Å². The number of rotatable bonds is 4. The van der Waals surface area contributed by atoms with Gasteiger partial charge in [0.2, 0.25) is 5.95 Å². The Balaban J connectivity index is 1.98. The van der Waals surface area contributed by atoms with Crippen LogP contribution in [0.25, 0.3) is 21.6 Å². The highest BCUT2D eigenvalue weighted by Crippen LogP contribution is 2.38. The van der Waals surface area contributed by atoms with Crippen molar-refractivity contribution in [2.24, 2.45) is 5.73 Å². The number of pyridine rings is 1. The van der Waals surface area contributed by atoms with Crippen molar-refractivity contribution in [3.63, 3.8) is 0 Å². The summed E-state index contributed by atoms with van der Waals surface area (Å²) >= 11 is 1.19. The van der Waals surface area contributed by atoms with Gasteiger partial charge in [-0.25, -0.2) is 9.97 Å². The lowest BCUT2D eigenvalue weighted by atomic mass is 10.1. The Morgan fingerprint density at radius 1 is 1.29 bits per heavy atom. The zero-order valence-electron chi connectivity index (χ0n) is 13.0. The number of amides is 1. The second kappa shape index (κ2) is 5.41. The van der Waals surface area contributed by atoms with E-state index in [9.17, 15) is 4.79 Å². The number of hydrogen-bond donors (Lipinski definition) is 3. The molecule has 4 rings (SSSR count). The molecule has 24 heavy (non-hydrogen) atoms. The molecule has 1 aliphatic carbocycles. The second-order valence-corrected chi connectivity index (χ2v) is 6.87. The molecule has 0 atom stereocenters. The summed E-state index contributed by atoms with van der Waals surface area (Å²) in [4.78, 5) is 26.2. The summed E-state index contributed by atoms with van der Waals surface area (Å²) < 4.78 is 0. The Kier molecular flexibility index (Phi) is 3.34. The number of hydrogen-bond acceptors (Lipinski definition) is 7. The minimum Gasteiger partial charge on any atom is -0.397 e. The minimum atomic E-state index is -0.560. The molecule has 8 heteroatoms. The van der Waals surface area contributed by atoms with E-state index < -0.39 is 5.91 Å². The van der Waals surface area contributed by atoms with Crippen molar-refractivity contribution in [2.75, 3.05) is 11.1 Å². The molecule has 1 aliphatic rings. The quantitative estimate of drug-likeness (QED) is 0.670. The highest BCUT2D eigenvalue weighted by Gasteiger charge is 2.25. The van der Waals surface area contributed by atoms with Crippen molar-refractivity contribution in [3.05, 3.63) is 28.8 Å². The molecule has 0 unspecified atom stereocenters. The Morgan fingerprint density at radius 3 is 2.75 bits per heavy atom. The largest absolute Gasteiger partial charge is 0.397 e. The molecule has 0 bridgehead atoms. The van der Waals surface area contributed by atoms with Crippen molar-refractivity contribution in [3.8, 4) is 11.4 Å². The van der Waals surface area contributed by atoms with Crippen LogP contribution < -0.4 is 16.8 Å². The minimum absolute atomic E-state index is 0.303. The first kappa shape index (κ1) is 14.8. The van der Waals surface area contributed by atoms with Crippen molar-refractivity contribution >= 4 is 39.1 Å². The molecule has 0 aliphatic heterocycles. The number of nitrogens with one attached hydrogen (secondary N) is 1. The van der Waals surface area contributed by atoms with E-state index >= 15 is 0 Å². The third-order valence-electron chi connectivity index (χ3n) is 3.85. The Bertz CT molecular complexity index is 963. The summed E-state index contributed by atoms with van der Waals surface area (Å²) in [6.07, 6.45) is 2.22. The van der Waals surface area contributed by atoms with Gasteiger partial charge in [0.05, 0.1) is 16.8 Å². The van der Waals surface area contributed by atoms with Crippen LogP contribution >= 0.6 is 11.3 Å². The van der Waals surface area contributed by atoms with Crippen molar-refractivity contribution in [1.82, 2.24) is 15.0 Å². The number of nitrogens with two attached hydrogens (primary N) is 2. The van der Waals surface area contributed by atoms with E-state index in [0.29, 0.717) is 44.2 Å². The molecule has 3 heterocycles. The van der Waals surface area contributed by atoms with E-state index in [2.05, 4.69) is 20.3 Å². The maximum Gasteiger partial charge on any atom is 0.260 e. The van der Waals surface area contributed by atoms with Gasteiger partial charge < -0.3 is 16.8 Å². The molecule has 0 radical (unpaired) electrons. The fraction of sp³-hybridized carbons (Fsp3) is 0.250. The summed E-state index contributed by atoms with van der Waals surface area (Å²) in [6.45, 7) is 1.91. The molecule has 1 saturated carbocycles. The lowest BCUT2D eigenvalue weighted by Crippen LogP contribution is -2.10. The van der Waals surface area contributed by atoms with E-state index in [1.54, 1.807) is 0 Å². The fourth-order valence-electron chi connectivity index (χ4n) is 2.54. The molecule has 1 amide bonds. The maximum absolute atomic E-state index is 11.6. The molecule has 3 aromatic heterocycles. The van der Waals surface area contributed by atoms with Gasteiger partial charge in [0.1, 0.15) is 15.4 Å². The first-order valence-electron chi connectivity index (χ1n) is 7.63. The van der Waals surface area contributed by atoms with Gasteiger partial charge in [-0.2, -0.15) is 0 Å². The monoisotopic (exact) mass is 340 g/mol. The summed E-state index contributed by atoms with van der Waals surface area (Å²) in [5.41, 5.74) is 14.1.